The number of phenolic OH excluding ortho intramolecular Hbond substituents is 1. The molecule has 0 radical (unpaired) electrons. The SMILES string of the molecule is COc1ccccc1N1CCN(CCCCOc2ccc(O)cc2C2OC=CO2)CC1. The van der Waals surface area contributed by atoms with Gasteiger partial charge in [-0.3, -0.25) is 4.90 Å². The fourth-order valence-corrected chi connectivity index (χ4v) is 3.96. The Morgan fingerprint density at radius 1 is 0.968 bits per heavy atom. The van der Waals surface area contributed by atoms with E-state index < -0.39 is 6.29 Å². The van der Waals surface area contributed by atoms with Gasteiger partial charge in [-0.15, -0.1) is 0 Å². The van der Waals surface area contributed by atoms with Crippen molar-refractivity contribution in [1.29, 1.82) is 0 Å². The standard InChI is InChI=1S/C24H30N2O5/c1-28-23-7-3-2-6-21(23)26-13-11-25(12-14-26)10-4-5-15-29-22-9-8-19(27)18-20(22)24-30-16-17-31-24/h2-3,6-9,16-18,24,27H,4-5,10-15H2,1H3. The number of piperazine rings is 1. The first-order chi connectivity index (χ1) is 15.2. The number of phenols is 1. The van der Waals surface area contributed by atoms with Crippen molar-refractivity contribution >= 4 is 5.69 Å². The molecule has 166 valence electrons. The Kier molecular flexibility index (Phi) is 7.04. The van der Waals surface area contributed by atoms with E-state index in [4.69, 9.17) is 18.9 Å². The first kappa shape index (κ1) is 21.2. The van der Waals surface area contributed by atoms with E-state index in [0.29, 0.717) is 17.9 Å². The number of para-hydroxylation sites is 2. The summed E-state index contributed by atoms with van der Waals surface area (Å²) >= 11 is 0. The van der Waals surface area contributed by atoms with Crippen LogP contribution >= 0.6 is 0 Å². The first-order valence-electron chi connectivity index (χ1n) is 10.8. The minimum Gasteiger partial charge on any atom is -0.508 e. The van der Waals surface area contributed by atoms with Crippen LogP contribution in [-0.4, -0.2) is 56.4 Å². The number of methoxy groups -OCH3 is 1. The summed E-state index contributed by atoms with van der Waals surface area (Å²) in [6, 6.07) is 13.2. The smallest absolute Gasteiger partial charge is 0.270 e. The third-order valence-electron chi connectivity index (χ3n) is 5.63. The molecule has 0 amide bonds. The van der Waals surface area contributed by atoms with Gasteiger partial charge in [0.25, 0.3) is 6.29 Å². The highest BCUT2D eigenvalue weighted by atomic mass is 16.7. The monoisotopic (exact) mass is 426 g/mol. The third-order valence-corrected chi connectivity index (χ3v) is 5.63. The number of rotatable bonds is 9. The maximum atomic E-state index is 9.77. The normalized spacial score (nSPS) is 16.7. The molecular formula is C24H30N2O5. The Hall–Kier alpha value is -3.06. The Bertz CT molecular complexity index is 872. The number of ether oxygens (including phenoxy) is 4. The zero-order chi connectivity index (χ0) is 21.5. The van der Waals surface area contributed by atoms with E-state index in [1.54, 1.807) is 25.3 Å². The molecule has 2 aromatic carbocycles. The summed E-state index contributed by atoms with van der Waals surface area (Å²) in [5.41, 5.74) is 1.87. The van der Waals surface area contributed by atoms with Crippen molar-refractivity contribution in [3.63, 3.8) is 0 Å². The second-order valence-corrected chi connectivity index (χ2v) is 7.65. The predicted octanol–water partition coefficient (Wildman–Crippen LogP) is 3.90. The summed E-state index contributed by atoms with van der Waals surface area (Å²) in [4.78, 5) is 4.90. The van der Waals surface area contributed by atoms with Crippen LogP contribution in [0.1, 0.15) is 24.7 Å². The lowest BCUT2D eigenvalue weighted by molar-refractivity contribution is -0.0266. The van der Waals surface area contributed by atoms with Gasteiger partial charge >= 0.3 is 0 Å². The Balaban J connectivity index is 1.18. The molecule has 0 aliphatic carbocycles. The quantitative estimate of drug-likeness (QED) is 0.610. The van der Waals surface area contributed by atoms with E-state index in [9.17, 15) is 5.11 Å². The molecule has 2 heterocycles. The molecule has 0 atom stereocenters. The number of hydrogen-bond donors (Lipinski definition) is 1. The molecule has 4 rings (SSSR count). The average Bonchev–Trinajstić information content (AvgIpc) is 3.35. The molecular weight excluding hydrogens is 396 g/mol. The Morgan fingerprint density at radius 2 is 1.74 bits per heavy atom. The molecule has 7 nitrogen and oxygen atoms in total. The average molecular weight is 427 g/mol. The molecule has 0 unspecified atom stereocenters. The molecule has 1 N–H and O–H groups in total. The van der Waals surface area contributed by atoms with Crippen LogP contribution in [0.3, 0.4) is 0 Å². The van der Waals surface area contributed by atoms with E-state index in [1.807, 2.05) is 12.1 Å². The van der Waals surface area contributed by atoms with Crippen LogP contribution in [0.25, 0.3) is 0 Å². The number of unbranched alkanes of at least 4 members (excludes halogenated alkanes) is 1. The third kappa shape index (κ3) is 5.35. The summed E-state index contributed by atoms with van der Waals surface area (Å²) in [6.07, 6.45) is 4.44. The number of nitrogens with zero attached hydrogens (tertiary/aromatic N) is 2. The largest absolute Gasteiger partial charge is 0.508 e. The molecule has 0 aromatic heterocycles. The predicted molar refractivity (Wildman–Crippen MR) is 119 cm³/mol. The number of hydrogen-bond acceptors (Lipinski definition) is 7. The lowest BCUT2D eigenvalue weighted by Crippen LogP contribution is -2.46. The van der Waals surface area contributed by atoms with Gasteiger partial charge in [-0.25, -0.2) is 0 Å². The topological polar surface area (TPSA) is 63.6 Å². The highest BCUT2D eigenvalue weighted by Gasteiger charge is 2.22. The van der Waals surface area contributed by atoms with Gasteiger partial charge in [0, 0.05) is 26.2 Å². The molecule has 2 aliphatic heterocycles. The van der Waals surface area contributed by atoms with E-state index >= 15 is 0 Å². The van der Waals surface area contributed by atoms with Crippen molar-refractivity contribution in [3.8, 4) is 17.2 Å². The van der Waals surface area contributed by atoms with Crippen LogP contribution in [0.4, 0.5) is 5.69 Å². The second kappa shape index (κ2) is 10.3. The molecule has 1 fully saturated rings. The Morgan fingerprint density at radius 3 is 2.52 bits per heavy atom. The van der Waals surface area contributed by atoms with E-state index in [2.05, 4.69) is 21.9 Å². The number of anilines is 1. The van der Waals surface area contributed by atoms with Gasteiger partial charge in [0.15, 0.2) is 0 Å². The summed E-state index contributed by atoms with van der Waals surface area (Å²) in [6.45, 7) is 5.77. The number of benzene rings is 2. The molecule has 0 saturated carbocycles. The highest BCUT2D eigenvalue weighted by molar-refractivity contribution is 5.58. The lowest BCUT2D eigenvalue weighted by Gasteiger charge is -2.36. The van der Waals surface area contributed by atoms with E-state index in [1.165, 1.54) is 18.2 Å². The molecule has 0 spiro atoms. The summed E-state index contributed by atoms with van der Waals surface area (Å²) in [7, 11) is 1.73. The Labute approximate surface area is 183 Å². The van der Waals surface area contributed by atoms with Gasteiger partial charge in [-0.1, -0.05) is 12.1 Å². The minimum absolute atomic E-state index is 0.161. The fourth-order valence-electron chi connectivity index (χ4n) is 3.96. The van der Waals surface area contributed by atoms with Crippen LogP contribution in [0.5, 0.6) is 17.2 Å². The van der Waals surface area contributed by atoms with Gasteiger partial charge in [-0.05, 0) is 49.7 Å². The molecule has 1 saturated heterocycles. The van der Waals surface area contributed by atoms with Crippen molar-refractivity contribution in [2.75, 3.05) is 51.3 Å². The van der Waals surface area contributed by atoms with Crippen molar-refractivity contribution in [3.05, 3.63) is 60.6 Å². The van der Waals surface area contributed by atoms with Gasteiger partial charge < -0.3 is 29.0 Å². The van der Waals surface area contributed by atoms with Crippen molar-refractivity contribution < 1.29 is 24.1 Å². The van der Waals surface area contributed by atoms with Gasteiger partial charge in [0.05, 0.1) is 25.0 Å². The molecule has 2 aromatic rings. The summed E-state index contributed by atoms with van der Waals surface area (Å²) in [5, 5.41) is 9.77. The molecule has 7 heteroatoms. The zero-order valence-electron chi connectivity index (χ0n) is 17.9. The number of aromatic hydroxyl groups is 1. The van der Waals surface area contributed by atoms with E-state index in [0.717, 1.165) is 51.3 Å². The van der Waals surface area contributed by atoms with E-state index in [-0.39, 0.29) is 5.75 Å². The molecule has 2 aliphatic rings. The van der Waals surface area contributed by atoms with Crippen molar-refractivity contribution in [2.45, 2.75) is 19.1 Å². The summed E-state index contributed by atoms with van der Waals surface area (Å²) in [5.74, 6) is 1.77. The first-order valence-corrected chi connectivity index (χ1v) is 10.8. The van der Waals surface area contributed by atoms with Crippen LogP contribution in [-0.2, 0) is 9.47 Å². The van der Waals surface area contributed by atoms with Crippen LogP contribution in [0, 0.1) is 0 Å². The maximum absolute atomic E-state index is 9.77. The van der Waals surface area contributed by atoms with Gasteiger partial charge in [0.2, 0.25) is 0 Å². The van der Waals surface area contributed by atoms with Crippen molar-refractivity contribution in [2.24, 2.45) is 0 Å². The molecule has 0 bridgehead atoms. The second-order valence-electron chi connectivity index (χ2n) is 7.65. The minimum atomic E-state index is -0.568. The summed E-state index contributed by atoms with van der Waals surface area (Å²) < 4.78 is 22.2. The zero-order valence-corrected chi connectivity index (χ0v) is 17.9. The van der Waals surface area contributed by atoms with Gasteiger partial charge in [0.1, 0.15) is 29.8 Å². The van der Waals surface area contributed by atoms with Gasteiger partial charge in [-0.2, -0.15) is 0 Å². The fraction of sp³-hybridized carbons (Fsp3) is 0.417. The van der Waals surface area contributed by atoms with Crippen LogP contribution < -0.4 is 14.4 Å². The van der Waals surface area contributed by atoms with Crippen LogP contribution in [0.2, 0.25) is 0 Å². The molecule has 31 heavy (non-hydrogen) atoms. The van der Waals surface area contributed by atoms with Crippen LogP contribution in [0.15, 0.2) is 55.0 Å². The van der Waals surface area contributed by atoms with Crippen molar-refractivity contribution in [1.82, 2.24) is 4.90 Å². The highest BCUT2D eigenvalue weighted by Crippen LogP contribution is 2.34. The lowest BCUT2D eigenvalue weighted by atomic mass is 10.2. The maximum Gasteiger partial charge on any atom is 0.270 e.